The van der Waals surface area contributed by atoms with Crippen LogP contribution in [0, 0.1) is 0 Å². The fourth-order valence-electron chi connectivity index (χ4n) is 6.26. The summed E-state index contributed by atoms with van der Waals surface area (Å²) in [7, 11) is 0. The Morgan fingerprint density at radius 2 is 0.643 bits per heavy atom. The third-order valence-corrected chi connectivity index (χ3v) is 8.44. The minimum absolute atomic E-state index is 1.23. The van der Waals surface area contributed by atoms with E-state index in [1.54, 1.807) is 0 Å². The number of hydrogen-bond donors (Lipinski definition) is 0. The Morgan fingerprint density at radius 3 is 1.36 bits per heavy atom. The molecule has 8 rings (SSSR count). The maximum Gasteiger partial charge on any atom is -0.00992 e. The average molecular weight is 533 g/mol. The maximum absolute atomic E-state index is 2.33. The zero-order valence-electron chi connectivity index (χ0n) is 23.2. The molecule has 0 fully saturated rings. The largest absolute Gasteiger partial charge is 0.0622 e. The van der Waals surface area contributed by atoms with Crippen LogP contribution in [0.4, 0.5) is 0 Å². The van der Waals surface area contributed by atoms with Crippen LogP contribution < -0.4 is 0 Å². The van der Waals surface area contributed by atoms with Crippen molar-refractivity contribution in [1.82, 2.24) is 0 Å². The number of hydrogen-bond acceptors (Lipinski definition) is 0. The van der Waals surface area contributed by atoms with Crippen molar-refractivity contribution < 1.29 is 0 Å². The minimum Gasteiger partial charge on any atom is -0.0622 e. The Kier molecular flexibility index (Phi) is 5.90. The van der Waals surface area contributed by atoms with Gasteiger partial charge >= 0.3 is 0 Å². The van der Waals surface area contributed by atoms with Gasteiger partial charge in [-0.15, -0.1) is 0 Å². The number of benzene rings is 8. The Bertz CT molecular complexity index is 2240. The van der Waals surface area contributed by atoms with Crippen molar-refractivity contribution in [2.24, 2.45) is 0 Å². The molecule has 0 heteroatoms. The molecule has 8 aromatic rings. The van der Waals surface area contributed by atoms with Gasteiger partial charge in [0.2, 0.25) is 0 Å². The second kappa shape index (κ2) is 10.2. The molecule has 0 atom stereocenters. The second-order valence-corrected chi connectivity index (χ2v) is 11.0. The van der Waals surface area contributed by atoms with Crippen LogP contribution in [0.15, 0.2) is 170 Å². The van der Waals surface area contributed by atoms with Gasteiger partial charge in [-0.05, 0) is 101 Å². The highest BCUT2D eigenvalue weighted by Crippen LogP contribution is 2.38. The minimum atomic E-state index is 1.23. The van der Waals surface area contributed by atoms with Gasteiger partial charge in [0, 0.05) is 0 Å². The van der Waals surface area contributed by atoms with Crippen LogP contribution in [-0.2, 0) is 0 Å². The van der Waals surface area contributed by atoms with Gasteiger partial charge in [-0.1, -0.05) is 146 Å². The lowest BCUT2D eigenvalue weighted by Gasteiger charge is -2.14. The van der Waals surface area contributed by atoms with Crippen molar-refractivity contribution in [2.75, 3.05) is 0 Å². The lowest BCUT2D eigenvalue weighted by Crippen LogP contribution is -1.87. The van der Waals surface area contributed by atoms with Gasteiger partial charge in [-0.3, -0.25) is 0 Å². The summed E-state index contributed by atoms with van der Waals surface area (Å²) < 4.78 is 0. The summed E-state index contributed by atoms with van der Waals surface area (Å²) >= 11 is 0. The molecule has 0 unspecified atom stereocenters. The van der Waals surface area contributed by atoms with Gasteiger partial charge in [0.25, 0.3) is 0 Å². The van der Waals surface area contributed by atoms with Crippen molar-refractivity contribution in [3.05, 3.63) is 170 Å². The molecule has 0 saturated heterocycles. The molecule has 196 valence electrons. The molecule has 0 N–H and O–H groups in total. The fourth-order valence-corrected chi connectivity index (χ4v) is 6.26. The summed E-state index contributed by atoms with van der Waals surface area (Å²) in [4.78, 5) is 0. The molecule has 0 amide bonds. The van der Waals surface area contributed by atoms with Crippen molar-refractivity contribution in [3.63, 3.8) is 0 Å². The Balaban J connectivity index is 1.19. The quantitative estimate of drug-likeness (QED) is 0.211. The van der Waals surface area contributed by atoms with E-state index in [0.717, 1.165) is 0 Å². The van der Waals surface area contributed by atoms with E-state index < -0.39 is 0 Å². The molecule has 0 aliphatic heterocycles. The molecule has 0 spiro atoms. The van der Waals surface area contributed by atoms with Crippen molar-refractivity contribution in [2.45, 2.75) is 0 Å². The third-order valence-electron chi connectivity index (χ3n) is 8.44. The van der Waals surface area contributed by atoms with Crippen LogP contribution in [0.5, 0.6) is 0 Å². The molecule has 42 heavy (non-hydrogen) atoms. The molecule has 0 heterocycles. The summed E-state index contributed by atoms with van der Waals surface area (Å²) in [6.45, 7) is 0. The van der Waals surface area contributed by atoms with E-state index in [1.165, 1.54) is 76.8 Å². The zero-order valence-corrected chi connectivity index (χ0v) is 23.2. The van der Waals surface area contributed by atoms with Crippen LogP contribution in [0.3, 0.4) is 0 Å². The molecule has 0 saturated carbocycles. The molecular formula is C42H28. The predicted molar refractivity (Wildman–Crippen MR) is 181 cm³/mol. The van der Waals surface area contributed by atoms with Crippen molar-refractivity contribution in [1.29, 1.82) is 0 Å². The van der Waals surface area contributed by atoms with Gasteiger partial charge in [0.05, 0.1) is 0 Å². The highest BCUT2D eigenvalue weighted by atomic mass is 14.1. The topological polar surface area (TPSA) is 0 Å². The van der Waals surface area contributed by atoms with Gasteiger partial charge in [-0.25, -0.2) is 0 Å². The molecule has 8 aromatic carbocycles. The molecule has 0 radical (unpaired) electrons. The molecule has 0 aromatic heterocycles. The lowest BCUT2D eigenvalue weighted by molar-refractivity contribution is 1.61. The number of rotatable bonds is 4. The van der Waals surface area contributed by atoms with Crippen LogP contribution in [0.25, 0.3) is 76.8 Å². The van der Waals surface area contributed by atoms with Crippen LogP contribution >= 0.6 is 0 Å². The highest BCUT2D eigenvalue weighted by Gasteiger charge is 2.11. The first kappa shape index (κ1) is 24.3. The summed E-state index contributed by atoms with van der Waals surface area (Å²) in [6, 6.07) is 61.8. The summed E-state index contributed by atoms with van der Waals surface area (Å²) in [5.74, 6) is 0. The van der Waals surface area contributed by atoms with Crippen molar-refractivity contribution in [3.8, 4) is 44.5 Å². The molecule has 0 aliphatic rings. The van der Waals surface area contributed by atoms with E-state index in [-0.39, 0.29) is 0 Å². The monoisotopic (exact) mass is 532 g/mol. The van der Waals surface area contributed by atoms with E-state index in [2.05, 4.69) is 170 Å². The smallest absolute Gasteiger partial charge is 0.00992 e. The van der Waals surface area contributed by atoms with Crippen LogP contribution in [0.1, 0.15) is 0 Å². The molecule has 0 aliphatic carbocycles. The Hall–Kier alpha value is -5.46. The van der Waals surface area contributed by atoms with E-state index in [1.807, 2.05) is 0 Å². The maximum atomic E-state index is 2.33. The van der Waals surface area contributed by atoms with Gasteiger partial charge in [-0.2, -0.15) is 0 Å². The van der Waals surface area contributed by atoms with E-state index in [4.69, 9.17) is 0 Å². The van der Waals surface area contributed by atoms with Gasteiger partial charge < -0.3 is 0 Å². The number of fused-ring (bicyclic) bond motifs is 3. The summed E-state index contributed by atoms with van der Waals surface area (Å²) in [5, 5.41) is 7.59. The predicted octanol–water partition coefficient (Wildman–Crippen LogP) is 11.8. The first-order chi connectivity index (χ1) is 20.8. The zero-order chi connectivity index (χ0) is 27.9. The first-order valence-corrected chi connectivity index (χ1v) is 14.5. The van der Waals surface area contributed by atoms with Crippen LogP contribution in [-0.4, -0.2) is 0 Å². The second-order valence-electron chi connectivity index (χ2n) is 11.0. The van der Waals surface area contributed by atoms with Gasteiger partial charge in [0.1, 0.15) is 0 Å². The average Bonchev–Trinajstić information content (AvgIpc) is 3.07. The summed E-state index contributed by atoms with van der Waals surface area (Å²) in [5.41, 5.74) is 9.95. The fraction of sp³-hybridized carbons (Fsp3) is 0. The molecular weight excluding hydrogens is 504 g/mol. The molecule has 0 nitrogen and oxygen atoms in total. The normalized spacial score (nSPS) is 11.3. The molecule has 0 bridgehead atoms. The SMILES string of the molecule is c1ccc(-c2ccc3cc(-c4cccc(-c5ccc(-c6ccc7ccccc7c6)c6ccccc56)c4)ccc3c2)cc1. The first-order valence-electron chi connectivity index (χ1n) is 14.5. The van der Waals surface area contributed by atoms with Gasteiger partial charge in [0.15, 0.2) is 0 Å². The van der Waals surface area contributed by atoms with E-state index >= 15 is 0 Å². The standard InChI is InChI=1S/C42H28/c1-2-9-29(10-3-1)33-18-19-36-26-34(20-21-35(36)25-33)32-13-8-14-37(28-32)39-23-24-40(42-16-7-6-15-41(39)42)38-22-17-30-11-4-5-12-31(30)27-38/h1-28H. The van der Waals surface area contributed by atoms with E-state index in [9.17, 15) is 0 Å². The van der Waals surface area contributed by atoms with Crippen molar-refractivity contribution >= 4 is 32.3 Å². The van der Waals surface area contributed by atoms with E-state index in [0.29, 0.717) is 0 Å². The Morgan fingerprint density at radius 1 is 0.214 bits per heavy atom. The highest BCUT2D eigenvalue weighted by molar-refractivity contribution is 6.06. The lowest BCUT2D eigenvalue weighted by atomic mass is 9.90. The Labute approximate surface area is 246 Å². The third kappa shape index (κ3) is 4.35. The van der Waals surface area contributed by atoms with Crippen LogP contribution in [0.2, 0.25) is 0 Å². The summed E-state index contributed by atoms with van der Waals surface area (Å²) in [6.07, 6.45) is 0.